The number of nitrogens with zero attached hydrogens (tertiary/aromatic N) is 1. The van der Waals surface area contributed by atoms with E-state index in [-0.39, 0.29) is 0 Å². The summed E-state index contributed by atoms with van der Waals surface area (Å²) < 4.78 is 0. The molecule has 1 aliphatic carbocycles. The highest BCUT2D eigenvalue weighted by molar-refractivity contribution is 5.86. The SMILES string of the molecule is Cc1cc2[nH]c(C3=CC=CC(C)C3C)nc2cc1-c1ccccc1. The van der Waals surface area contributed by atoms with Gasteiger partial charge >= 0.3 is 0 Å². The zero-order valence-corrected chi connectivity index (χ0v) is 14.4. The van der Waals surface area contributed by atoms with Crippen molar-refractivity contribution in [1.29, 1.82) is 0 Å². The van der Waals surface area contributed by atoms with Crippen molar-refractivity contribution in [3.63, 3.8) is 0 Å². The Morgan fingerprint density at radius 3 is 2.62 bits per heavy atom. The molecule has 0 aliphatic heterocycles. The van der Waals surface area contributed by atoms with Crippen molar-refractivity contribution in [3.8, 4) is 11.1 Å². The maximum atomic E-state index is 4.89. The number of aryl methyl sites for hydroxylation is 1. The van der Waals surface area contributed by atoms with Gasteiger partial charge in [-0.1, -0.05) is 62.4 Å². The van der Waals surface area contributed by atoms with E-state index >= 15 is 0 Å². The summed E-state index contributed by atoms with van der Waals surface area (Å²) in [6.07, 6.45) is 6.59. The number of hydrogen-bond acceptors (Lipinski definition) is 1. The van der Waals surface area contributed by atoms with E-state index in [2.05, 4.69) is 86.4 Å². The molecule has 120 valence electrons. The van der Waals surface area contributed by atoms with Crippen molar-refractivity contribution in [2.75, 3.05) is 0 Å². The minimum absolute atomic E-state index is 0.477. The average Bonchev–Trinajstić information content (AvgIpc) is 3.00. The lowest BCUT2D eigenvalue weighted by molar-refractivity contribution is 0.565. The molecule has 1 heterocycles. The Hall–Kier alpha value is -2.61. The van der Waals surface area contributed by atoms with Crippen LogP contribution in [0.25, 0.3) is 27.7 Å². The van der Waals surface area contributed by atoms with Gasteiger partial charge in [0.2, 0.25) is 0 Å². The lowest BCUT2D eigenvalue weighted by Crippen LogP contribution is -2.11. The third-order valence-corrected chi connectivity index (χ3v) is 5.16. The van der Waals surface area contributed by atoms with Gasteiger partial charge in [-0.2, -0.15) is 0 Å². The molecule has 1 aromatic heterocycles. The average molecular weight is 314 g/mol. The first kappa shape index (κ1) is 14.9. The maximum absolute atomic E-state index is 4.89. The van der Waals surface area contributed by atoms with Crippen LogP contribution in [0.15, 0.2) is 60.7 Å². The first-order chi connectivity index (χ1) is 11.6. The van der Waals surface area contributed by atoms with Crippen molar-refractivity contribution < 1.29 is 0 Å². The fraction of sp³-hybridized carbons (Fsp3) is 0.227. The van der Waals surface area contributed by atoms with E-state index in [0.717, 1.165) is 16.9 Å². The molecule has 2 nitrogen and oxygen atoms in total. The van der Waals surface area contributed by atoms with Crippen molar-refractivity contribution in [3.05, 3.63) is 72.1 Å². The molecule has 0 fully saturated rings. The summed E-state index contributed by atoms with van der Waals surface area (Å²) in [5.41, 5.74) is 7.19. The molecule has 24 heavy (non-hydrogen) atoms. The summed E-state index contributed by atoms with van der Waals surface area (Å²) in [5, 5.41) is 0. The van der Waals surface area contributed by atoms with Gasteiger partial charge in [-0.3, -0.25) is 0 Å². The van der Waals surface area contributed by atoms with Crippen LogP contribution in [0.5, 0.6) is 0 Å². The summed E-state index contributed by atoms with van der Waals surface area (Å²) in [5.74, 6) is 2.02. The number of fused-ring (bicyclic) bond motifs is 1. The Morgan fingerprint density at radius 1 is 1.04 bits per heavy atom. The quantitative estimate of drug-likeness (QED) is 0.639. The van der Waals surface area contributed by atoms with Gasteiger partial charge in [-0.15, -0.1) is 0 Å². The van der Waals surface area contributed by atoms with Crippen LogP contribution in [0.3, 0.4) is 0 Å². The second-order valence-electron chi connectivity index (χ2n) is 6.79. The van der Waals surface area contributed by atoms with Crippen molar-refractivity contribution in [1.82, 2.24) is 9.97 Å². The highest BCUT2D eigenvalue weighted by Crippen LogP contribution is 2.34. The lowest BCUT2D eigenvalue weighted by atomic mass is 9.84. The molecule has 2 heteroatoms. The van der Waals surface area contributed by atoms with Crippen LogP contribution in [0, 0.1) is 18.8 Å². The molecule has 0 spiro atoms. The summed E-state index contributed by atoms with van der Waals surface area (Å²) >= 11 is 0. The molecule has 0 radical (unpaired) electrons. The smallest absolute Gasteiger partial charge is 0.134 e. The number of H-pyrrole nitrogens is 1. The number of nitrogens with one attached hydrogen (secondary N) is 1. The lowest BCUT2D eigenvalue weighted by Gasteiger charge is -2.21. The second-order valence-corrected chi connectivity index (χ2v) is 6.79. The van der Waals surface area contributed by atoms with E-state index < -0.39 is 0 Å². The van der Waals surface area contributed by atoms with Crippen molar-refractivity contribution in [2.24, 2.45) is 11.8 Å². The van der Waals surface area contributed by atoms with E-state index in [0.29, 0.717) is 11.8 Å². The molecular weight excluding hydrogens is 292 g/mol. The van der Waals surface area contributed by atoms with Crippen LogP contribution < -0.4 is 0 Å². The van der Waals surface area contributed by atoms with Gasteiger partial charge in [0.1, 0.15) is 5.82 Å². The molecule has 0 saturated carbocycles. The Morgan fingerprint density at radius 2 is 1.83 bits per heavy atom. The predicted molar refractivity (Wildman–Crippen MR) is 102 cm³/mol. The molecule has 4 rings (SSSR count). The Balaban J connectivity index is 1.82. The molecule has 1 aliphatic rings. The largest absolute Gasteiger partial charge is 0.338 e. The summed E-state index contributed by atoms with van der Waals surface area (Å²) in [6.45, 7) is 6.69. The fourth-order valence-corrected chi connectivity index (χ4v) is 3.46. The molecular formula is C22H22N2. The van der Waals surface area contributed by atoms with Gasteiger partial charge in [-0.25, -0.2) is 4.98 Å². The number of benzene rings is 2. The number of aromatic amines is 1. The van der Waals surface area contributed by atoms with Gasteiger partial charge < -0.3 is 4.98 Å². The van der Waals surface area contributed by atoms with Crippen LogP contribution in [-0.4, -0.2) is 9.97 Å². The summed E-state index contributed by atoms with van der Waals surface area (Å²) in [6, 6.07) is 14.9. The molecule has 2 atom stereocenters. The highest BCUT2D eigenvalue weighted by atomic mass is 14.9. The normalized spacial score (nSPS) is 20.4. The zero-order chi connectivity index (χ0) is 16.7. The minimum Gasteiger partial charge on any atom is -0.338 e. The fourth-order valence-electron chi connectivity index (χ4n) is 3.46. The molecule has 0 amide bonds. The van der Waals surface area contributed by atoms with Crippen LogP contribution in [0.2, 0.25) is 0 Å². The van der Waals surface area contributed by atoms with E-state index in [9.17, 15) is 0 Å². The second kappa shape index (κ2) is 5.79. The Kier molecular flexibility index (Phi) is 3.61. The zero-order valence-electron chi connectivity index (χ0n) is 14.4. The van der Waals surface area contributed by atoms with Gasteiger partial charge in [0, 0.05) is 0 Å². The van der Waals surface area contributed by atoms with Gasteiger partial charge in [-0.05, 0) is 53.2 Å². The van der Waals surface area contributed by atoms with Crippen LogP contribution in [0.1, 0.15) is 25.2 Å². The van der Waals surface area contributed by atoms with Crippen LogP contribution in [-0.2, 0) is 0 Å². The number of hydrogen-bond donors (Lipinski definition) is 1. The van der Waals surface area contributed by atoms with Gasteiger partial charge in [0.05, 0.1) is 11.0 Å². The number of imidazole rings is 1. The van der Waals surface area contributed by atoms with E-state index in [4.69, 9.17) is 4.98 Å². The molecule has 2 unspecified atom stereocenters. The topological polar surface area (TPSA) is 28.7 Å². The third-order valence-electron chi connectivity index (χ3n) is 5.16. The summed E-state index contributed by atoms with van der Waals surface area (Å²) in [7, 11) is 0. The van der Waals surface area contributed by atoms with Crippen molar-refractivity contribution >= 4 is 16.6 Å². The van der Waals surface area contributed by atoms with Gasteiger partial charge in [0.15, 0.2) is 0 Å². The monoisotopic (exact) mass is 314 g/mol. The van der Waals surface area contributed by atoms with Gasteiger partial charge in [0.25, 0.3) is 0 Å². The number of allylic oxidation sites excluding steroid dienone is 4. The predicted octanol–water partition coefficient (Wildman–Crippen LogP) is 5.76. The Labute approximate surface area is 142 Å². The number of aromatic nitrogens is 2. The van der Waals surface area contributed by atoms with Crippen LogP contribution >= 0.6 is 0 Å². The molecule has 0 bridgehead atoms. The Bertz CT molecular complexity index is 945. The van der Waals surface area contributed by atoms with E-state index in [1.54, 1.807) is 0 Å². The maximum Gasteiger partial charge on any atom is 0.134 e. The molecule has 3 aromatic rings. The highest BCUT2D eigenvalue weighted by Gasteiger charge is 2.21. The first-order valence-electron chi connectivity index (χ1n) is 8.58. The summed E-state index contributed by atoms with van der Waals surface area (Å²) in [4.78, 5) is 8.41. The number of rotatable bonds is 2. The molecule has 0 saturated heterocycles. The first-order valence-corrected chi connectivity index (χ1v) is 8.58. The standard InChI is InChI=1S/C22H22N2/c1-14-8-7-11-18(16(14)3)22-23-20-12-15(2)19(13-21(20)24-22)17-9-5-4-6-10-17/h4-14,16H,1-3H3,(H,23,24). The van der Waals surface area contributed by atoms with E-state index in [1.807, 2.05) is 0 Å². The minimum atomic E-state index is 0.477. The third kappa shape index (κ3) is 2.48. The molecule has 1 N–H and O–H groups in total. The molecule has 2 aromatic carbocycles. The van der Waals surface area contributed by atoms with Crippen molar-refractivity contribution in [2.45, 2.75) is 20.8 Å². The van der Waals surface area contributed by atoms with E-state index in [1.165, 1.54) is 22.3 Å². The van der Waals surface area contributed by atoms with Crippen LogP contribution in [0.4, 0.5) is 0 Å².